The minimum Gasteiger partial charge on any atom is -0.497 e. The number of hydrogen-bond donors (Lipinski definition) is 0. The molecule has 1 aromatic carbocycles. The lowest BCUT2D eigenvalue weighted by Gasteiger charge is -2.25. The van der Waals surface area contributed by atoms with Crippen molar-refractivity contribution in [1.29, 1.82) is 0 Å². The summed E-state index contributed by atoms with van der Waals surface area (Å²) in [4.78, 5) is 14.6. The molecule has 1 saturated heterocycles. The second-order valence-electron chi connectivity index (χ2n) is 5.38. The SMILES string of the molecule is CCOC(=O)c1oc2cc(OC)ccc2c1CN1CCSCC1. The molecule has 0 bridgehead atoms. The van der Waals surface area contributed by atoms with Crippen molar-refractivity contribution < 1.29 is 18.7 Å². The molecule has 1 aliphatic heterocycles. The Labute approximate surface area is 139 Å². The maximum absolute atomic E-state index is 12.3. The Morgan fingerprint density at radius 2 is 2.13 bits per heavy atom. The molecule has 124 valence electrons. The fraction of sp³-hybridized carbons (Fsp3) is 0.471. The maximum atomic E-state index is 12.3. The number of nitrogens with zero attached hydrogens (tertiary/aromatic N) is 1. The standard InChI is InChI=1S/C17H21NO4S/c1-3-21-17(19)16-14(11-18-6-8-23-9-7-18)13-5-4-12(20-2)10-15(13)22-16/h4-5,10H,3,6-9,11H2,1-2H3. The predicted octanol–water partition coefficient (Wildman–Crippen LogP) is 3.17. The molecule has 2 aromatic rings. The fourth-order valence-corrected chi connectivity index (χ4v) is 3.74. The molecular formula is C17H21NO4S. The maximum Gasteiger partial charge on any atom is 0.374 e. The summed E-state index contributed by atoms with van der Waals surface area (Å²) in [5.74, 6) is 2.87. The van der Waals surface area contributed by atoms with Crippen LogP contribution in [0, 0.1) is 0 Å². The highest BCUT2D eigenvalue weighted by atomic mass is 32.2. The average Bonchev–Trinajstić information content (AvgIpc) is 2.94. The highest BCUT2D eigenvalue weighted by Gasteiger charge is 2.24. The van der Waals surface area contributed by atoms with Crippen molar-refractivity contribution in [3.8, 4) is 5.75 Å². The van der Waals surface area contributed by atoms with Crippen LogP contribution in [0.15, 0.2) is 22.6 Å². The van der Waals surface area contributed by atoms with Gasteiger partial charge in [-0.1, -0.05) is 0 Å². The molecule has 0 amide bonds. The number of carbonyl (C=O) groups excluding carboxylic acids is 1. The molecule has 0 N–H and O–H groups in total. The summed E-state index contributed by atoms with van der Waals surface area (Å²) < 4.78 is 16.2. The first-order chi connectivity index (χ1) is 11.2. The topological polar surface area (TPSA) is 51.9 Å². The quantitative estimate of drug-likeness (QED) is 0.782. The molecule has 5 nitrogen and oxygen atoms in total. The van der Waals surface area contributed by atoms with Crippen LogP contribution in [0.1, 0.15) is 23.0 Å². The molecule has 0 aliphatic carbocycles. The zero-order chi connectivity index (χ0) is 16.2. The summed E-state index contributed by atoms with van der Waals surface area (Å²) in [6.07, 6.45) is 0. The summed E-state index contributed by atoms with van der Waals surface area (Å²) in [6.45, 7) is 4.88. The Morgan fingerprint density at radius 1 is 1.35 bits per heavy atom. The number of esters is 1. The molecule has 2 heterocycles. The van der Waals surface area contributed by atoms with Gasteiger partial charge in [0.1, 0.15) is 11.3 Å². The van der Waals surface area contributed by atoms with Gasteiger partial charge in [0.2, 0.25) is 5.76 Å². The van der Waals surface area contributed by atoms with Crippen LogP contribution in [0.5, 0.6) is 5.75 Å². The molecule has 1 aliphatic rings. The average molecular weight is 335 g/mol. The van der Waals surface area contributed by atoms with Crippen LogP contribution in [-0.4, -0.2) is 49.2 Å². The minimum atomic E-state index is -0.399. The summed E-state index contributed by atoms with van der Waals surface area (Å²) in [5, 5.41) is 0.951. The van der Waals surface area contributed by atoms with E-state index in [-0.39, 0.29) is 0 Å². The van der Waals surface area contributed by atoms with Crippen LogP contribution in [0.4, 0.5) is 0 Å². The van der Waals surface area contributed by atoms with E-state index >= 15 is 0 Å². The third kappa shape index (κ3) is 3.48. The number of fused-ring (bicyclic) bond motifs is 1. The Kier molecular flexibility index (Phi) is 5.13. The van der Waals surface area contributed by atoms with Gasteiger partial charge < -0.3 is 13.9 Å². The number of hydrogen-bond acceptors (Lipinski definition) is 6. The van der Waals surface area contributed by atoms with Crippen LogP contribution < -0.4 is 4.74 Å². The molecule has 3 rings (SSSR count). The van der Waals surface area contributed by atoms with Crippen molar-refractivity contribution >= 4 is 28.7 Å². The zero-order valence-electron chi connectivity index (χ0n) is 13.5. The van der Waals surface area contributed by atoms with E-state index in [1.54, 1.807) is 14.0 Å². The van der Waals surface area contributed by atoms with Crippen molar-refractivity contribution in [2.75, 3.05) is 38.3 Å². The number of furan rings is 1. The minimum absolute atomic E-state index is 0.313. The largest absolute Gasteiger partial charge is 0.497 e. The molecule has 0 unspecified atom stereocenters. The molecule has 0 spiro atoms. The summed E-state index contributed by atoms with van der Waals surface area (Å²) in [7, 11) is 1.61. The van der Waals surface area contributed by atoms with Crippen molar-refractivity contribution in [1.82, 2.24) is 4.90 Å². The van der Waals surface area contributed by atoms with Gasteiger partial charge >= 0.3 is 5.97 Å². The molecule has 0 saturated carbocycles. The normalized spacial score (nSPS) is 15.7. The van der Waals surface area contributed by atoms with Crippen LogP contribution in [0.2, 0.25) is 0 Å². The Morgan fingerprint density at radius 3 is 2.83 bits per heavy atom. The monoisotopic (exact) mass is 335 g/mol. The lowest BCUT2D eigenvalue weighted by molar-refractivity contribution is 0.0489. The van der Waals surface area contributed by atoms with E-state index < -0.39 is 5.97 Å². The van der Waals surface area contributed by atoms with E-state index in [4.69, 9.17) is 13.9 Å². The Bertz CT molecular complexity index is 691. The Hall–Kier alpha value is -1.66. The second kappa shape index (κ2) is 7.27. The number of carbonyl (C=O) groups is 1. The van der Waals surface area contributed by atoms with Crippen LogP contribution in [0.25, 0.3) is 11.0 Å². The molecule has 0 radical (unpaired) electrons. The van der Waals surface area contributed by atoms with Gasteiger partial charge in [-0.2, -0.15) is 11.8 Å². The molecule has 1 fully saturated rings. The number of rotatable bonds is 5. The lowest BCUT2D eigenvalue weighted by Crippen LogP contribution is -2.32. The van der Waals surface area contributed by atoms with Gasteiger partial charge in [0.05, 0.1) is 13.7 Å². The first kappa shape index (κ1) is 16.2. The number of ether oxygens (including phenoxy) is 2. The van der Waals surface area contributed by atoms with Gasteiger partial charge in [0.15, 0.2) is 0 Å². The molecule has 6 heteroatoms. The third-order valence-electron chi connectivity index (χ3n) is 3.95. The number of thioether (sulfide) groups is 1. The predicted molar refractivity (Wildman–Crippen MR) is 91.3 cm³/mol. The van der Waals surface area contributed by atoms with Gasteiger partial charge in [-0.15, -0.1) is 0 Å². The summed E-state index contributed by atoms with van der Waals surface area (Å²) in [6, 6.07) is 5.66. The van der Waals surface area contributed by atoms with E-state index in [1.807, 2.05) is 30.0 Å². The van der Waals surface area contributed by atoms with Crippen molar-refractivity contribution in [2.45, 2.75) is 13.5 Å². The second-order valence-corrected chi connectivity index (χ2v) is 6.61. The third-order valence-corrected chi connectivity index (χ3v) is 4.89. The summed E-state index contributed by atoms with van der Waals surface area (Å²) >= 11 is 1.97. The smallest absolute Gasteiger partial charge is 0.374 e. The van der Waals surface area contributed by atoms with Gasteiger partial charge in [-0.25, -0.2) is 4.79 Å². The lowest BCUT2D eigenvalue weighted by atomic mass is 10.1. The summed E-state index contributed by atoms with van der Waals surface area (Å²) in [5.41, 5.74) is 1.57. The van der Waals surface area contributed by atoms with E-state index in [2.05, 4.69) is 4.90 Å². The van der Waals surface area contributed by atoms with E-state index in [0.717, 1.165) is 35.5 Å². The molecule has 1 aromatic heterocycles. The van der Waals surface area contributed by atoms with E-state index in [0.29, 0.717) is 30.2 Å². The van der Waals surface area contributed by atoms with Gasteiger partial charge in [0, 0.05) is 48.2 Å². The van der Waals surface area contributed by atoms with E-state index in [9.17, 15) is 4.79 Å². The van der Waals surface area contributed by atoms with Crippen LogP contribution in [-0.2, 0) is 11.3 Å². The fourth-order valence-electron chi connectivity index (χ4n) is 2.76. The molecule has 0 atom stereocenters. The van der Waals surface area contributed by atoms with Crippen LogP contribution in [0.3, 0.4) is 0 Å². The first-order valence-corrected chi connectivity index (χ1v) is 8.95. The van der Waals surface area contributed by atoms with Gasteiger partial charge in [-0.05, 0) is 19.1 Å². The highest BCUT2D eigenvalue weighted by molar-refractivity contribution is 7.99. The number of methoxy groups -OCH3 is 1. The Balaban J connectivity index is 1.99. The van der Waals surface area contributed by atoms with Gasteiger partial charge in [-0.3, -0.25) is 4.90 Å². The molecular weight excluding hydrogens is 314 g/mol. The molecule has 23 heavy (non-hydrogen) atoms. The van der Waals surface area contributed by atoms with E-state index in [1.165, 1.54) is 0 Å². The van der Waals surface area contributed by atoms with Gasteiger partial charge in [0.25, 0.3) is 0 Å². The zero-order valence-corrected chi connectivity index (χ0v) is 14.3. The van der Waals surface area contributed by atoms with Crippen molar-refractivity contribution in [2.24, 2.45) is 0 Å². The van der Waals surface area contributed by atoms with Crippen molar-refractivity contribution in [3.05, 3.63) is 29.5 Å². The number of benzene rings is 1. The van der Waals surface area contributed by atoms with Crippen molar-refractivity contribution in [3.63, 3.8) is 0 Å². The highest BCUT2D eigenvalue weighted by Crippen LogP contribution is 2.31. The first-order valence-electron chi connectivity index (χ1n) is 7.79. The van der Waals surface area contributed by atoms with Crippen LogP contribution >= 0.6 is 11.8 Å².